The molecule has 0 unspecified atom stereocenters. The van der Waals surface area contributed by atoms with E-state index in [9.17, 15) is 0 Å². The normalized spacial score (nSPS) is 11.3. The van der Waals surface area contributed by atoms with Crippen molar-refractivity contribution in [3.05, 3.63) is 28.3 Å². The van der Waals surface area contributed by atoms with E-state index in [-0.39, 0.29) is 0 Å². The Morgan fingerprint density at radius 3 is 2.60 bits per heavy atom. The fourth-order valence-electron chi connectivity index (χ4n) is 1.41. The molecule has 0 aliphatic carbocycles. The van der Waals surface area contributed by atoms with Gasteiger partial charge >= 0.3 is 0 Å². The van der Waals surface area contributed by atoms with Crippen molar-refractivity contribution in [3.8, 4) is 5.75 Å². The lowest BCUT2D eigenvalue weighted by Crippen LogP contribution is -1.97. The van der Waals surface area contributed by atoms with Crippen molar-refractivity contribution in [2.45, 2.75) is 19.8 Å². The molecule has 0 saturated carbocycles. The van der Waals surface area contributed by atoms with E-state index in [1.165, 1.54) is 6.21 Å². The molecule has 0 spiro atoms. The molecule has 1 aromatic carbocycles. The van der Waals surface area contributed by atoms with Crippen LogP contribution in [-0.4, -0.2) is 18.5 Å². The fraction of sp³-hybridized carbons (Fsp3) is 0.364. The standard InChI is InChI=1S/C11H14ClNO2/c1-7(2)9-5-11(15-3)10(12)4-8(9)6-13-14/h4-7,14H,1-3H3/b13-6+. The lowest BCUT2D eigenvalue weighted by molar-refractivity contribution is 0.322. The van der Waals surface area contributed by atoms with Gasteiger partial charge in [-0.25, -0.2) is 0 Å². The van der Waals surface area contributed by atoms with Crippen molar-refractivity contribution < 1.29 is 9.94 Å². The summed E-state index contributed by atoms with van der Waals surface area (Å²) >= 11 is 5.97. The van der Waals surface area contributed by atoms with Gasteiger partial charge in [0.15, 0.2) is 0 Å². The number of nitrogens with zero attached hydrogens (tertiary/aromatic N) is 1. The molecular weight excluding hydrogens is 214 g/mol. The second-order valence-electron chi connectivity index (χ2n) is 3.51. The third kappa shape index (κ3) is 2.63. The van der Waals surface area contributed by atoms with Crippen molar-refractivity contribution in [1.82, 2.24) is 0 Å². The predicted molar refractivity (Wildman–Crippen MR) is 61.5 cm³/mol. The summed E-state index contributed by atoms with van der Waals surface area (Å²) in [5.74, 6) is 0.944. The van der Waals surface area contributed by atoms with Crippen LogP contribution in [0.2, 0.25) is 5.02 Å². The molecule has 1 rings (SSSR count). The first-order valence-electron chi connectivity index (χ1n) is 4.65. The SMILES string of the molecule is COc1cc(C(C)C)c(/C=N/O)cc1Cl. The summed E-state index contributed by atoms with van der Waals surface area (Å²) in [5, 5.41) is 12.1. The van der Waals surface area contributed by atoms with E-state index in [2.05, 4.69) is 19.0 Å². The lowest BCUT2D eigenvalue weighted by Gasteiger charge is -2.12. The number of rotatable bonds is 3. The van der Waals surface area contributed by atoms with Gasteiger partial charge in [0.05, 0.1) is 18.3 Å². The van der Waals surface area contributed by atoms with Crippen LogP contribution in [0, 0.1) is 0 Å². The molecule has 0 aliphatic rings. The van der Waals surface area contributed by atoms with E-state index in [1.54, 1.807) is 13.2 Å². The third-order valence-electron chi connectivity index (χ3n) is 2.18. The molecule has 3 nitrogen and oxygen atoms in total. The zero-order valence-electron chi connectivity index (χ0n) is 8.99. The van der Waals surface area contributed by atoms with Gasteiger partial charge in [-0.1, -0.05) is 30.6 Å². The van der Waals surface area contributed by atoms with Crippen molar-refractivity contribution in [3.63, 3.8) is 0 Å². The van der Waals surface area contributed by atoms with Crippen LogP contribution >= 0.6 is 11.6 Å². The van der Waals surface area contributed by atoms with Gasteiger partial charge in [-0.15, -0.1) is 0 Å². The maximum atomic E-state index is 8.54. The Kier molecular flexibility index (Phi) is 3.97. The van der Waals surface area contributed by atoms with Crippen LogP contribution < -0.4 is 4.74 Å². The number of oxime groups is 1. The van der Waals surface area contributed by atoms with E-state index in [0.29, 0.717) is 16.7 Å². The quantitative estimate of drug-likeness (QED) is 0.489. The molecule has 0 bridgehead atoms. The van der Waals surface area contributed by atoms with Crippen LogP contribution in [0.5, 0.6) is 5.75 Å². The summed E-state index contributed by atoms with van der Waals surface area (Å²) < 4.78 is 5.13. The predicted octanol–water partition coefficient (Wildman–Crippen LogP) is 3.28. The second-order valence-corrected chi connectivity index (χ2v) is 3.92. The minimum atomic E-state index is 0.309. The average molecular weight is 228 g/mol. The topological polar surface area (TPSA) is 41.8 Å². The first kappa shape index (κ1) is 11.9. The molecule has 0 aromatic heterocycles. The van der Waals surface area contributed by atoms with E-state index in [0.717, 1.165) is 11.1 Å². The van der Waals surface area contributed by atoms with Gasteiger partial charge in [0.2, 0.25) is 0 Å². The van der Waals surface area contributed by atoms with Gasteiger partial charge in [-0.2, -0.15) is 0 Å². The molecule has 82 valence electrons. The van der Waals surface area contributed by atoms with Gasteiger partial charge in [-0.05, 0) is 23.6 Å². The Balaban J connectivity index is 3.31. The summed E-state index contributed by atoms with van der Waals surface area (Å²) in [6, 6.07) is 3.60. The molecule has 0 amide bonds. The molecule has 0 heterocycles. The number of benzene rings is 1. The molecule has 0 atom stereocenters. The Labute approximate surface area is 94.3 Å². The highest BCUT2D eigenvalue weighted by Crippen LogP contribution is 2.31. The van der Waals surface area contributed by atoms with E-state index in [1.807, 2.05) is 6.07 Å². The van der Waals surface area contributed by atoms with Crippen molar-refractivity contribution in [1.29, 1.82) is 0 Å². The van der Waals surface area contributed by atoms with Crippen LogP contribution in [-0.2, 0) is 0 Å². The van der Waals surface area contributed by atoms with E-state index in [4.69, 9.17) is 21.5 Å². The zero-order valence-corrected chi connectivity index (χ0v) is 9.75. The van der Waals surface area contributed by atoms with Gasteiger partial charge in [0, 0.05) is 5.56 Å². The molecule has 0 saturated heterocycles. The molecule has 1 N–H and O–H groups in total. The minimum Gasteiger partial charge on any atom is -0.495 e. The summed E-state index contributed by atoms with van der Waals surface area (Å²) in [7, 11) is 1.57. The minimum absolute atomic E-state index is 0.309. The molecule has 1 aromatic rings. The second kappa shape index (κ2) is 5.03. The molecule has 0 aliphatic heterocycles. The monoisotopic (exact) mass is 227 g/mol. The Morgan fingerprint density at radius 2 is 2.13 bits per heavy atom. The van der Waals surface area contributed by atoms with Gasteiger partial charge in [0.25, 0.3) is 0 Å². The molecule has 15 heavy (non-hydrogen) atoms. The lowest BCUT2D eigenvalue weighted by atomic mass is 9.97. The smallest absolute Gasteiger partial charge is 0.137 e. The largest absolute Gasteiger partial charge is 0.495 e. The number of hydrogen-bond acceptors (Lipinski definition) is 3. The number of methoxy groups -OCH3 is 1. The molecule has 0 fully saturated rings. The van der Waals surface area contributed by atoms with Crippen molar-refractivity contribution in [2.75, 3.05) is 7.11 Å². The highest BCUT2D eigenvalue weighted by molar-refractivity contribution is 6.32. The maximum absolute atomic E-state index is 8.54. The Morgan fingerprint density at radius 1 is 1.47 bits per heavy atom. The highest BCUT2D eigenvalue weighted by atomic mass is 35.5. The Hall–Kier alpha value is -1.22. The summed E-state index contributed by atoms with van der Waals surface area (Å²) in [4.78, 5) is 0. The van der Waals surface area contributed by atoms with Crippen LogP contribution in [0.25, 0.3) is 0 Å². The maximum Gasteiger partial charge on any atom is 0.137 e. The molecule has 0 radical (unpaired) electrons. The van der Waals surface area contributed by atoms with E-state index >= 15 is 0 Å². The first-order chi connectivity index (χ1) is 7.10. The van der Waals surface area contributed by atoms with Gasteiger partial charge in [-0.3, -0.25) is 0 Å². The van der Waals surface area contributed by atoms with Crippen LogP contribution in [0.1, 0.15) is 30.9 Å². The first-order valence-corrected chi connectivity index (χ1v) is 5.02. The van der Waals surface area contributed by atoms with Crippen molar-refractivity contribution in [2.24, 2.45) is 5.16 Å². The van der Waals surface area contributed by atoms with Crippen molar-refractivity contribution >= 4 is 17.8 Å². The zero-order chi connectivity index (χ0) is 11.4. The Bertz CT molecular complexity index is 375. The van der Waals surface area contributed by atoms with E-state index < -0.39 is 0 Å². The number of hydrogen-bond donors (Lipinski definition) is 1. The number of ether oxygens (including phenoxy) is 1. The molecular formula is C11H14ClNO2. The number of halogens is 1. The van der Waals surface area contributed by atoms with Crippen LogP contribution in [0.15, 0.2) is 17.3 Å². The fourth-order valence-corrected chi connectivity index (χ4v) is 1.66. The summed E-state index contributed by atoms with van der Waals surface area (Å²) in [6.45, 7) is 4.11. The van der Waals surface area contributed by atoms with Gasteiger partial charge in [0.1, 0.15) is 5.75 Å². The van der Waals surface area contributed by atoms with Gasteiger partial charge < -0.3 is 9.94 Å². The van der Waals surface area contributed by atoms with Crippen LogP contribution in [0.3, 0.4) is 0 Å². The highest BCUT2D eigenvalue weighted by Gasteiger charge is 2.10. The summed E-state index contributed by atoms with van der Waals surface area (Å²) in [5.41, 5.74) is 1.84. The third-order valence-corrected chi connectivity index (χ3v) is 2.47. The van der Waals surface area contributed by atoms with Crippen LogP contribution in [0.4, 0.5) is 0 Å². The molecule has 4 heteroatoms. The average Bonchev–Trinajstić information content (AvgIpc) is 2.18. The summed E-state index contributed by atoms with van der Waals surface area (Å²) in [6.07, 6.45) is 1.38.